The summed E-state index contributed by atoms with van der Waals surface area (Å²) in [6.07, 6.45) is 3.20. The van der Waals surface area contributed by atoms with Crippen molar-refractivity contribution in [3.05, 3.63) is 35.4 Å². The first-order valence-corrected chi connectivity index (χ1v) is 9.21. The lowest BCUT2D eigenvalue weighted by atomic mass is 10.1. The molecule has 124 valence electrons. The molecule has 0 bridgehead atoms. The molecule has 0 aromatic heterocycles. The highest BCUT2D eigenvalue weighted by Gasteiger charge is 2.31. The Morgan fingerprint density at radius 2 is 2.13 bits per heavy atom. The molecule has 5 nitrogen and oxygen atoms in total. The van der Waals surface area contributed by atoms with E-state index in [1.54, 1.807) is 24.3 Å². The fourth-order valence-electron chi connectivity index (χ4n) is 3.14. The summed E-state index contributed by atoms with van der Waals surface area (Å²) in [7, 11) is 0. The maximum Gasteiger partial charge on any atom is 0.254 e. The Kier molecular flexibility index (Phi) is 5.23. The zero-order chi connectivity index (χ0) is 16.2. The van der Waals surface area contributed by atoms with Crippen LogP contribution in [0.1, 0.15) is 40.0 Å². The maximum absolute atomic E-state index is 13.0. The SMILES string of the molecule is NC(=O)c1cccc(C(=O)N(CC2CCCO2)C2CCSC2)c1. The molecule has 23 heavy (non-hydrogen) atoms. The smallest absolute Gasteiger partial charge is 0.254 e. The number of amides is 2. The van der Waals surface area contributed by atoms with Crippen LogP contribution in [0.25, 0.3) is 0 Å². The Balaban J connectivity index is 1.80. The quantitative estimate of drug-likeness (QED) is 0.893. The van der Waals surface area contributed by atoms with E-state index in [1.165, 1.54) is 0 Å². The van der Waals surface area contributed by atoms with Gasteiger partial charge in [-0.3, -0.25) is 9.59 Å². The van der Waals surface area contributed by atoms with Gasteiger partial charge in [0.15, 0.2) is 0 Å². The molecule has 3 rings (SSSR count). The van der Waals surface area contributed by atoms with Crippen molar-refractivity contribution >= 4 is 23.6 Å². The third-order valence-electron chi connectivity index (χ3n) is 4.43. The van der Waals surface area contributed by atoms with Crippen LogP contribution in [-0.2, 0) is 4.74 Å². The Labute approximate surface area is 140 Å². The van der Waals surface area contributed by atoms with Crippen molar-refractivity contribution in [3.8, 4) is 0 Å². The fraction of sp³-hybridized carbons (Fsp3) is 0.529. The summed E-state index contributed by atoms with van der Waals surface area (Å²) in [5.74, 6) is 1.51. The highest BCUT2D eigenvalue weighted by Crippen LogP contribution is 2.26. The number of nitrogens with two attached hydrogens (primary N) is 1. The van der Waals surface area contributed by atoms with E-state index < -0.39 is 5.91 Å². The van der Waals surface area contributed by atoms with Crippen LogP contribution in [-0.4, -0.2) is 53.5 Å². The molecule has 2 unspecified atom stereocenters. The molecule has 2 atom stereocenters. The Morgan fingerprint density at radius 1 is 1.30 bits per heavy atom. The van der Waals surface area contributed by atoms with E-state index in [0.717, 1.165) is 37.4 Å². The second kappa shape index (κ2) is 7.36. The molecular weight excluding hydrogens is 312 g/mol. The van der Waals surface area contributed by atoms with Crippen LogP contribution >= 0.6 is 11.8 Å². The van der Waals surface area contributed by atoms with Gasteiger partial charge in [0, 0.05) is 36.1 Å². The molecule has 0 saturated carbocycles. The average molecular weight is 334 g/mol. The second-order valence-electron chi connectivity index (χ2n) is 6.06. The average Bonchev–Trinajstić information content (AvgIpc) is 3.25. The number of benzene rings is 1. The highest BCUT2D eigenvalue weighted by atomic mass is 32.2. The zero-order valence-corrected chi connectivity index (χ0v) is 13.9. The minimum absolute atomic E-state index is 0.0314. The molecule has 6 heteroatoms. The Morgan fingerprint density at radius 3 is 2.78 bits per heavy atom. The minimum Gasteiger partial charge on any atom is -0.376 e. The molecule has 2 aliphatic rings. The van der Waals surface area contributed by atoms with Gasteiger partial charge >= 0.3 is 0 Å². The summed E-state index contributed by atoms with van der Waals surface area (Å²) in [6.45, 7) is 1.41. The summed E-state index contributed by atoms with van der Waals surface area (Å²) in [5, 5.41) is 0. The van der Waals surface area contributed by atoms with Crippen LogP contribution in [0.4, 0.5) is 0 Å². The monoisotopic (exact) mass is 334 g/mol. The first-order valence-electron chi connectivity index (χ1n) is 8.05. The van der Waals surface area contributed by atoms with Gasteiger partial charge in [-0.25, -0.2) is 0 Å². The van der Waals surface area contributed by atoms with Crippen LogP contribution in [0.15, 0.2) is 24.3 Å². The number of carbonyl (C=O) groups is 2. The fourth-order valence-corrected chi connectivity index (χ4v) is 4.37. The molecule has 2 fully saturated rings. The van der Waals surface area contributed by atoms with Crippen molar-refractivity contribution in [1.82, 2.24) is 4.90 Å². The van der Waals surface area contributed by atoms with Gasteiger partial charge in [-0.05, 0) is 43.2 Å². The van der Waals surface area contributed by atoms with Crippen LogP contribution in [0, 0.1) is 0 Å². The molecule has 2 saturated heterocycles. The first kappa shape index (κ1) is 16.3. The summed E-state index contributed by atoms with van der Waals surface area (Å²) in [6, 6.07) is 6.93. The van der Waals surface area contributed by atoms with Gasteiger partial charge in [0.2, 0.25) is 5.91 Å². The zero-order valence-electron chi connectivity index (χ0n) is 13.1. The van der Waals surface area contributed by atoms with E-state index >= 15 is 0 Å². The lowest BCUT2D eigenvalue weighted by Crippen LogP contribution is -2.44. The van der Waals surface area contributed by atoms with Crippen LogP contribution in [0.5, 0.6) is 0 Å². The number of ether oxygens (including phenoxy) is 1. The lowest BCUT2D eigenvalue weighted by Gasteiger charge is -2.31. The number of rotatable bonds is 5. The maximum atomic E-state index is 13.0. The third-order valence-corrected chi connectivity index (χ3v) is 5.57. The summed E-state index contributed by atoms with van der Waals surface area (Å²) < 4.78 is 5.72. The van der Waals surface area contributed by atoms with Crippen molar-refractivity contribution in [2.75, 3.05) is 24.7 Å². The Bertz CT molecular complexity index is 581. The van der Waals surface area contributed by atoms with E-state index in [4.69, 9.17) is 10.5 Å². The number of primary amides is 1. The summed E-state index contributed by atoms with van der Waals surface area (Å²) >= 11 is 1.88. The topological polar surface area (TPSA) is 72.6 Å². The molecule has 2 aliphatic heterocycles. The van der Waals surface area contributed by atoms with E-state index in [9.17, 15) is 9.59 Å². The van der Waals surface area contributed by atoms with Gasteiger partial charge in [0.1, 0.15) is 0 Å². The van der Waals surface area contributed by atoms with Gasteiger partial charge in [-0.15, -0.1) is 0 Å². The molecular formula is C17H22N2O3S. The number of hydrogen-bond donors (Lipinski definition) is 1. The van der Waals surface area contributed by atoms with Crippen molar-refractivity contribution < 1.29 is 14.3 Å². The van der Waals surface area contributed by atoms with E-state index in [2.05, 4.69) is 0 Å². The van der Waals surface area contributed by atoms with Crippen molar-refractivity contribution in [2.45, 2.75) is 31.4 Å². The Hall–Kier alpha value is -1.53. The van der Waals surface area contributed by atoms with Crippen LogP contribution < -0.4 is 5.73 Å². The van der Waals surface area contributed by atoms with Crippen LogP contribution in [0.3, 0.4) is 0 Å². The minimum atomic E-state index is -0.512. The first-order chi connectivity index (χ1) is 11.1. The molecule has 1 aromatic rings. The van der Waals surface area contributed by atoms with Gasteiger partial charge < -0.3 is 15.4 Å². The third kappa shape index (κ3) is 3.87. The van der Waals surface area contributed by atoms with Crippen molar-refractivity contribution in [2.24, 2.45) is 5.73 Å². The highest BCUT2D eigenvalue weighted by molar-refractivity contribution is 7.99. The number of thioether (sulfide) groups is 1. The molecule has 0 spiro atoms. The van der Waals surface area contributed by atoms with Gasteiger partial charge in [-0.2, -0.15) is 11.8 Å². The molecule has 0 aliphatic carbocycles. The van der Waals surface area contributed by atoms with E-state index in [-0.39, 0.29) is 18.1 Å². The summed E-state index contributed by atoms with van der Waals surface area (Å²) in [4.78, 5) is 26.3. The summed E-state index contributed by atoms with van der Waals surface area (Å²) in [5.41, 5.74) is 6.22. The molecule has 2 N–H and O–H groups in total. The molecule has 0 radical (unpaired) electrons. The second-order valence-corrected chi connectivity index (χ2v) is 7.20. The number of nitrogens with zero attached hydrogens (tertiary/aromatic N) is 1. The van der Waals surface area contributed by atoms with Gasteiger partial charge in [0.05, 0.1) is 6.10 Å². The number of hydrogen-bond acceptors (Lipinski definition) is 4. The molecule has 2 heterocycles. The largest absolute Gasteiger partial charge is 0.376 e. The molecule has 2 amide bonds. The van der Waals surface area contributed by atoms with Crippen LogP contribution in [0.2, 0.25) is 0 Å². The van der Waals surface area contributed by atoms with Crippen molar-refractivity contribution in [3.63, 3.8) is 0 Å². The predicted molar refractivity (Wildman–Crippen MR) is 90.7 cm³/mol. The lowest BCUT2D eigenvalue weighted by molar-refractivity contribution is 0.0442. The molecule has 1 aromatic carbocycles. The van der Waals surface area contributed by atoms with Gasteiger partial charge in [0.25, 0.3) is 5.91 Å². The van der Waals surface area contributed by atoms with E-state index in [1.807, 2.05) is 16.7 Å². The standard InChI is InChI=1S/C17H22N2O3S/c18-16(20)12-3-1-4-13(9-12)17(21)19(14-6-8-23-11-14)10-15-5-2-7-22-15/h1,3-4,9,14-15H,2,5-8,10-11H2,(H2,18,20). The van der Waals surface area contributed by atoms with E-state index in [0.29, 0.717) is 17.7 Å². The van der Waals surface area contributed by atoms with Crippen molar-refractivity contribution in [1.29, 1.82) is 0 Å². The normalized spacial score (nSPS) is 23.8. The number of carbonyl (C=O) groups excluding carboxylic acids is 2. The van der Waals surface area contributed by atoms with Gasteiger partial charge in [-0.1, -0.05) is 6.07 Å². The predicted octanol–water partition coefficient (Wildman–Crippen LogP) is 1.91.